The summed E-state index contributed by atoms with van der Waals surface area (Å²) in [5.41, 5.74) is 0.0320. The van der Waals surface area contributed by atoms with Crippen LogP contribution in [-0.2, 0) is 9.16 Å². The Morgan fingerprint density at radius 2 is 1.86 bits per heavy atom. The highest BCUT2D eigenvalue weighted by atomic mass is 28.4. The topological polar surface area (TPSA) is 38.7 Å². The maximum atomic E-state index is 10.7. The SMILES string of the molecule is CC(C)(C[C@]12C[C@H]1C[C@]1(O[Si](C)(C)C)C=CO[C@H]21)[Si](C)(C)O. The van der Waals surface area contributed by atoms with Crippen molar-refractivity contribution in [3.8, 4) is 0 Å². The van der Waals surface area contributed by atoms with Crippen LogP contribution in [0.15, 0.2) is 12.3 Å². The highest BCUT2D eigenvalue weighted by Gasteiger charge is 2.75. The fraction of sp³-hybridized carbons (Fsp3) is 0.882. The summed E-state index contributed by atoms with van der Waals surface area (Å²) < 4.78 is 12.7. The van der Waals surface area contributed by atoms with E-state index in [0.29, 0.717) is 5.92 Å². The molecule has 1 N–H and O–H groups in total. The Labute approximate surface area is 137 Å². The van der Waals surface area contributed by atoms with Crippen molar-refractivity contribution in [3.05, 3.63) is 12.3 Å². The van der Waals surface area contributed by atoms with Gasteiger partial charge in [0.05, 0.1) is 6.26 Å². The first-order chi connectivity index (χ1) is 9.82. The summed E-state index contributed by atoms with van der Waals surface area (Å²) in [7, 11) is -3.82. The third-order valence-corrected chi connectivity index (χ3v) is 10.8. The van der Waals surface area contributed by atoms with Gasteiger partial charge in [0.1, 0.15) is 11.7 Å². The van der Waals surface area contributed by atoms with E-state index < -0.39 is 16.6 Å². The average molecular weight is 341 g/mol. The van der Waals surface area contributed by atoms with Gasteiger partial charge in [0, 0.05) is 5.41 Å². The molecule has 0 saturated heterocycles. The summed E-state index contributed by atoms with van der Waals surface area (Å²) in [5.74, 6) is 0.703. The normalized spacial score (nSPS) is 40.4. The lowest BCUT2D eigenvalue weighted by atomic mass is 9.84. The number of ether oxygens (including phenoxy) is 1. The lowest BCUT2D eigenvalue weighted by molar-refractivity contribution is -0.0290. The molecule has 2 fully saturated rings. The van der Waals surface area contributed by atoms with Gasteiger partial charge in [0.15, 0.2) is 16.6 Å². The van der Waals surface area contributed by atoms with E-state index in [2.05, 4.69) is 52.7 Å². The van der Waals surface area contributed by atoms with E-state index in [1.807, 2.05) is 6.26 Å². The van der Waals surface area contributed by atoms with E-state index in [-0.39, 0.29) is 22.2 Å². The molecule has 4 atom stereocenters. The van der Waals surface area contributed by atoms with Crippen LogP contribution < -0.4 is 0 Å². The summed E-state index contributed by atoms with van der Waals surface area (Å²) in [5, 5.41) is 0.00292. The van der Waals surface area contributed by atoms with E-state index >= 15 is 0 Å². The van der Waals surface area contributed by atoms with Gasteiger partial charge in [-0.3, -0.25) is 0 Å². The predicted molar refractivity (Wildman–Crippen MR) is 94.7 cm³/mol. The Bertz CT molecular complexity index is 503. The van der Waals surface area contributed by atoms with Gasteiger partial charge >= 0.3 is 0 Å². The summed E-state index contributed by atoms with van der Waals surface area (Å²) >= 11 is 0. The van der Waals surface area contributed by atoms with Crippen molar-refractivity contribution >= 4 is 16.6 Å². The van der Waals surface area contributed by atoms with Crippen LogP contribution in [0, 0.1) is 11.3 Å². The summed E-state index contributed by atoms with van der Waals surface area (Å²) in [6.07, 6.45) is 7.61. The summed E-state index contributed by atoms with van der Waals surface area (Å²) in [6.45, 7) is 15.4. The lowest BCUT2D eigenvalue weighted by Gasteiger charge is -2.42. The fourth-order valence-corrected chi connectivity index (χ4v) is 6.82. The van der Waals surface area contributed by atoms with E-state index in [1.165, 1.54) is 6.42 Å². The molecule has 2 saturated carbocycles. The molecule has 0 aromatic carbocycles. The van der Waals surface area contributed by atoms with Gasteiger partial charge in [0.2, 0.25) is 0 Å². The smallest absolute Gasteiger partial charge is 0.188 e. The minimum Gasteiger partial charge on any atom is -0.494 e. The second-order valence-corrected chi connectivity index (χ2v) is 18.8. The van der Waals surface area contributed by atoms with Crippen LogP contribution in [0.3, 0.4) is 0 Å². The Balaban J connectivity index is 1.84. The first-order valence-corrected chi connectivity index (χ1v) is 14.9. The molecule has 126 valence electrons. The highest BCUT2D eigenvalue weighted by molar-refractivity contribution is 6.72. The number of hydrogen-bond acceptors (Lipinski definition) is 3. The maximum absolute atomic E-state index is 10.7. The molecule has 0 aromatic rings. The van der Waals surface area contributed by atoms with Gasteiger partial charge in [-0.25, -0.2) is 0 Å². The zero-order chi connectivity index (χ0) is 16.6. The molecule has 1 aliphatic heterocycles. The van der Waals surface area contributed by atoms with Gasteiger partial charge in [-0.2, -0.15) is 0 Å². The van der Waals surface area contributed by atoms with E-state index in [0.717, 1.165) is 12.8 Å². The molecule has 1 heterocycles. The van der Waals surface area contributed by atoms with Crippen molar-refractivity contribution in [2.45, 2.75) is 82.6 Å². The molecule has 0 aromatic heterocycles. The van der Waals surface area contributed by atoms with E-state index in [9.17, 15) is 4.80 Å². The molecule has 22 heavy (non-hydrogen) atoms. The minimum atomic E-state index is -2.20. The van der Waals surface area contributed by atoms with Gasteiger partial charge in [0.25, 0.3) is 0 Å². The first kappa shape index (κ1) is 16.7. The van der Waals surface area contributed by atoms with Gasteiger partial charge in [-0.15, -0.1) is 0 Å². The maximum Gasteiger partial charge on any atom is 0.188 e. The van der Waals surface area contributed by atoms with E-state index in [4.69, 9.17) is 9.16 Å². The molecule has 0 unspecified atom stereocenters. The van der Waals surface area contributed by atoms with Crippen LogP contribution in [0.25, 0.3) is 0 Å². The van der Waals surface area contributed by atoms with Crippen LogP contribution in [-0.4, -0.2) is 33.1 Å². The second-order valence-electron chi connectivity index (χ2n) is 9.95. The Kier molecular flexibility index (Phi) is 3.42. The molecule has 3 aliphatic rings. The fourth-order valence-electron chi connectivity index (χ4n) is 4.66. The number of hydrogen-bond donors (Lipinski definition) is 1. The Morgan fingerprint density at radius 1 is 1.23 bits per heavy atom. The van der Waals surface area contributed by atoms with Crippen LogP contribution in [0.4, 0.5) is 0 Å². The largest absolute Gasteiger partial charge is 0.494 e. The highest BCUT2D eigenvalue weighted by Crippen LogP contribution is 2.74. The van der Waals surface area contributed by atoms with Crippen molar-refractivity contribution in [1.29, 1.82) is 0 Å². The molecular formula is C17H32O3Si2. The standard InChI is InChI=1S/C17H32O3Si2/c1-15(2,22(6,7)18)12-16-10-13(16)11-17(20-21(3,4)5)8-9-19-14(16)17/h8-9,13-14,18H,10-12H2,1-7H3/t13-,14+,16+,17+/m0/s1. The Morgan fingerprint density at radius 3 is 2.41 bits per heavy atom. The zero-order valence-corrected chi connectivity index (χ0v) is 17.2. The molecule has 0 radical (unpaired) electrons. The molecule has 3 rings (SSSR count). The van der Waals surface area contributed by atoms with Crippen LogP contribution in [0.1, 0.15) is 33.1 Å². The lowest BCUT2D eigenvalue weighted by Crippen LogP contribution is -2.50. The Hall–Kier alpha value is -0.106. The third kappa shape index (κ3) is 2.44. The third-order valence-electron chi connectivity index (χ3n) is 6.30. The van der Waals surface area contributed by atoms with Gasteiger partial charge in [-0.1, -0.05) is 13.8 Å². The van der Waals surface area contributed by atoms with Crippen molar-refractivity contribution in [2.24, 2.45) is 11.3 Å². The first-order valence-electron chi connectivity index (χ1n) is 8.57. The molecule has 0 bridgehead atoms. The summed E-state index contributed by atoms with van der Waals surface area (Å²) in [4.78, 5) is 10.7. The molecule has 3 nitrogen and oxygen atoms in total. The quantitative estimate of drug-likeness (QED) is 0.760. The number of fused-ring (bicyclic) bond motifs is 3. The second kappa shape index (κ2) is 4.49. The molecule has 0 amide bonds. The van der Waals surface area contributed by atoms with Crippen molar-refractivity contribution in [3.63, 3.8) is 0 Å². The van der Waals surface area contributed by atoms with Crippen molar-refractivity contribution in [1.82, 2.24) is 0 Å². The van der Waals surface area contributed by atoms with Gasteiger partial charge in [-0.05, 0) is 69.0 Å². The van der Waals surface area contributed by atoms with Gasteiger partial charge < -0.3 is 14.0 Å². The van der Waals surface area contributed by atoms with Crippen LogP contribution in [0.2, 0.25) is 37.8 Å². The van der Waals surface area contributed by atoms with Crippen molar-refractivity contribution in [2.75, 3.05) is 0 Å². The zero-order valence-electron chi connectivity index (χ0n) is 15.2. The molecular weight excluding hydrogens is 308 g/mol. The minimum absolute atomic E-state index is 0.00292. The van der Waals surface area contributed by atoms with E-state index in [1.54, 1.807) is 0 Å². The average Bonchev–Trinajstić information content (AvgIpc) is 2.67. The number of rotatable bonds is 5. The van der Waals surface area contributed by atoms with Crippen LogP contribution in [0.5, 0.6) is 0 Å². The molecule has 2 aliphatic carbocycles. The van der Waals surface area contributed by atoms with Crippen LogP contribution >= 0.6 is 0 Å². The van der Waals surface area contributed by atoms with Crippen molar-refractivity contribution < 1.29 is 14.0 Å². The molecule has 0 spiro atoms. The molecule has 5 heteroatoms. The predicted octanol–water partition coefficient (Wildman–Crippen LogP) is 4.27. The monoisotopic (exact) mass is 340 g/mol. The summed E-state index contributed by atoms with van der Waals surface area (Å²) in [6, 6.07) is 0.